The Kier molecular flexibility index (Phi) is 7.69. The van der Waals surface area contributed by atoms with E-state index in [-0.39, 0.29) is 11.2 Å². The lowest BCUT2D eigenvalue weighted by atomic mass is 9.74. The van der Waals surface area contributed by atoms with Crippen LogP contribution in [0, 0.1) is 5.82 Å². The Hall–Kier alpha value is -1.62. The molecule has 0 spiro atoms. The molecule has 1 aromatic carbocycles. The summed E-state index contributed by atoms with van der Waals surface area (Å²) in [5.41, 5.74) is 1.09. The maximum Gasteiger partial charge on any atom is 0.193 e. The molecule has 0 unspecified atom stereocenters. The number of benzene rings is 1. The van der Waals surface area contributed by atoms with Crippen LogP contribution in [0.2, 0.25) is 0 Å². The third-order valence-electron chi connectivity index (χ3n) is 4.98. The van der Waals surface area contributed by atoms with E-state index in [9.17, 15) is 4.39 Å². The number of unbranched alkanes of at least 4 members (excludes halogenated alkanes) is 1. The van der Waals surface area contributed by atoms with Gasteiger partial charge in [0, 0.05) is 38.8 Å². The molecule has 0 aromatic heterocycles. The third-order valence-corrected chi connectivity index (χ3v) is 4.98. The number of hydrogen-bond acceptors (Lipinski definition) is 2. The molecule has 0 saturated carbocycles. The van der Waals surface area contributed by atoms with Crippen LogP contribution in [0.4, 0.5) is 4.39 Å². The maximum absolute atomic E-state index is 13.3. The lowest BCUT2D eigenvalue weighted by Gasteiger charge is -2.37. The number of nitrogens with zero attached hydrogens (tertiary/aromatic N) is 2. The van der Waals surface area contributed by atoms with Gasteiger partial charge in [-0.2, -0.15) is 0 Å². The van der Waals surface area contributed by atoms with E-state index in [1.807, 2.05) is 12.1 Å². The molecular weight excluding hydrogens is 317 g/mol. The molecule has 0 bridgehead atoms. The van der Waals surface area contributed by atoms with E-state index < -0.39 is 0 Å². The predicted molar refractivity (Wildman–Crippen MR) is 102 cm³/mol. The van der Waals surface area contributed by atoms with E-state index in [4.69, 9.17) is 9.73 Å². The molecule has 140 valence electrons. The second-order valence-electron chi connectivity index (χ2n) is 6.84. The van der Waals surface area contributed by atoms with Crippen LogP contribution < -0.4 is 5.32 Å². The molecule has 1 saturated heterocycles. The number of hydrogen-bond donors (Lipinski definition) is 1. The summed E-state index contributed by atoms with van der Waals surface area (Å²) in [6.07, 6.45) is 4.15. The lowest BCUT2D eigenvalue weighted by molar-refractivity contribution is 0.0530. The van der Waals surface area contributed by atoms with Crippen molar-refractivity contribution in [1.82, 2.24) is 10.2 Å². The van der Waals surface area contributed by atoms with Crippen molar-refractivity contribution >= 4 is 5.96 Å². The van der Waals surface area contributed by atoms with Gasteiger partial charge in [0.2, 0.25) is 0 Å². The quantitative estimate of drug-likeness (QED) is 0.604. The van der Waals surface area contributed by atoms with Gasteiger partial charge < -0.3 is 15.0 Å². The van der Waals surface area contributed by atoms with Crippen molar-refractivity contribution in [1.29, 1.82) is 0 Å². The molecule has 0 radical (unpaired) electrons. The maximum atomic E-state index is 13.3. The topological polar surface area (TPSA) is 36.9 Å². The van der Waals surface area contributed by atoms with Gasteiger partial charge in [0.25, 0.3) is 0 Å². The van der Waals surface area contributed by atoms with Crippen molar-refractivity contribution in [2.24, 2.45) is 4.99 Å². The average molecular weight is 349 g/mol. The Bertz CT molecular complexity index is 538. The number of rotatable bonds is 7. The van der Waals surface area contributed by atoms with Gasteiger partial charge in [0.15, 0.2) is 5.96 Å². The van der Waals surface area contributed by atoms with E-state index in [2.05, 4.69) is 31.1 Å². The SMILES string of the molecule is CCCCN(C)C(=NCC1(c2ccc(F)cc2)CCOCC1)NCC. The van der Waals surface area contributed by atoms with Crippen molar-refractivity contribution in [3.8, 4) is 0 Å². The lowest BCUT2D eigenvalue weighted by Crippen LogP contribution is -2.42. The molecule has 1 fully saturated rings. The van der Waals surface area contributed by atoms with Crippen LogP contribution >= 0.6 is 0 Å². The van der Waals surface area contributed by atoms with Crippen LogP contribution in [-0.4, -0.2) is 50.8 Å². The van der Waals surface area contributed by atoms with E-state index in [0.717, 1.165) is 57.1 Å². The molecule has 1 aromatic rings. The van der Waals surface area contributed by atoms with Gasteiger partial charge in [-0.25, -0.2) is 4.39 Å². The zero-order valence-corrected chi connectivity index (χ0v) is 15.9. The van der Waals surface area contributed by atoms with Crippen molar-refractivity contribution < 1.29 is 9.13 Å². The molecule has 2 rings (SSSR count). The largest absolute Gasteiger partial charge is 0.381 e. The highest BCUT2D eigenvalue weighted by molar-refractivity contribution is 5.79. The molecule has 25 heavy (non-hydrogen) atoms. The summed E-state index contributed by atoms with van der Waals surface area (Å²) in [4.78, 5) is 7.14. The molecule has 1 N–H and O–H groups in total. The summed E-state index contributed by atoms with van der Waals surface area (Å²) in [6, 6.07) is 6.91. The molecule has 4 nitrogen and oxygen atoms in total. The van der Waals surface area contributed by atoms with E-state index in [0.29, 0.717) is 6.54 Å². The van der Waals surface area contributed by atoms with Gasteiger partial charge in [-0.3, -0.25) is 4.99 Å². The summed E-state index contributed by atoms with van der Waals surface area (Å²) >= 11 is 0. The van der Waals surface area contributed by atoms with Gasteiger partial charge in [-0.1, -0.05) is 25.5 Å². The third kappa shape index (κ3) is 5.43. The van der Waals surface area contributed by atoms with Crippen molar-refractivity contribution in [3.63, 3.8) is 0 Å². The standard InChI is InChI=1S/C20H32FN3O/c1-4-6-13-24(3)19(22-5-2)23-16-20(11-14-25-15-12-20)17-7-9-18(21)10-8-17/h7-10H,4-6,11-16H2,1-3H3,(H,22,23). The molecule has 5 heteroatoms. The van der Waals surface area contributed by atoms with Crippen LogP contribution in [0.1, 0.15) is 45.1 Å². The van der Waals surface area contributed by atoms with Crippen molar-refractivity contribution in [2.75, 3.05) is 39.9 Å². The molecule has 0 aliphatic carbocycles. The van der Waals surface area contributed by atoms with Crippen LogP contribution in [0.3, 0.4) is 0 Å². The van der Waals surface area contributed by atoms with E-state index in [1.165, 1.54) is 6.42 Å². The van der Waals surface area contributed by atoms with Crippen molar-refractivity contribution in [3.05, 3.63) is 35.6 Å². The highest BCUT2D eigenvalue weighted by atomic mass is 19.1. The fourth-order valence-corrected chi connectivity index (χ4v) is 3.30. The molecule has 0 amide bonds. The zero-order chi connectivity index (χ0) is 18.1. The molecule has 1 heterocycles. The molecule has 1 aliphatic heterocycles. The van der Waals surface area contributed by atoms with Crippen LogP contribution in [0.5, 0.6) is 0 Å². The highest BCUT2D eigenvalue weighted by Crippen LogP contribution is 2.35. The van der Waals surface area contributed by atoms with E-state index >= 15 is 0 Å². The summed E-state index contributed by atoms with van der Waals surface area (Å²) in [5, 5.41) is 3.39. The Morgan fingerprint density at radius 1 is 1.24 bits per heavy atom. The summed E-state index contributed by atoms with van der Waals surface area (Å²) in [5.74, 6) is 0.756. The molecule has 0 atom stereocenters. The first-order valence-corrected chi connectivity index (χ1v) is 9.44. The second-order valence-corrected chi connectivity index (χ2v) is 6.84. The smallest absolute Gasteiger partial charge is 0.193 e. The number of nitrogens with one attached hydrogen (secondary N) is 1. The van der Waals surface area contributed by atoms with Crippen LogP contribution in [-0.2, 0) is 10.2 Å². The molecular formula is C20H32FN3O. The zero-order valence-electron chi connectivity index (χ0n) is 15.9. The number of halogens is 1. The highest BCUT2D eigenvalue weighted by Gasteiger charge is 2.34. The minimum atomic E-state index is -0.193. The van der Waals surface area contributed by atoms with Crippen LogP contribution in [0.15, 0.2) is 29.3 Å². The first kappa shape index (κ1) is 19.7. The van der Waals surface area contributed by atoms with Gasteiger partial charge in [0.1, 0.15) is 5.82 Å². The fourth-order valence-electron chi connectivity index (χ4n) is 3.30. The van der Waals surface area contributed by atoms with Gasteiger partial charge in [-0.15, -0.1) is 0 Å². The van der Waals surface area contributed by atoms with E-state index in [1.54, 1.807) is 12.1 Å². The first-order chi connectivity index (χ1) is 12.1. The summed E-state index contributed by atoms with van der Waals surface area (Å²) in [6.45, 7) is 8.29. The Morgan fingerprint density at radius 2 is 1.92 bits per heavy atom. The number of ether oxygens (including phenoxy) is 1. The first-order valence-electron chi connectivity index (χ1n) is 9.44. The Morgan fingerprint density at radius 3 is 2.52 bits per heavy atom. The van der Waals surface area contributed by atoms with Gasteiger partial charge in [-0.05, 0) is 43.9 Å². The minimum Gasteiger partial charge on any atom is -0.381 e. The Labute approximate surface area is 151 Å². The molecule has 1 aliphatic rings. The summed E-state index contributed by atoms with van der Waals surface area (Å²) < 4.78 is 18.9. The summed E-state index contributed by atoms with van der Waals surface area (Å²) in [7, 11) is 2.09. The predicted octanol–water partition coefficient (Wildman–Crippen LogP) is 3.57. The fraction of sp³-hybridized carbons (Fsp3) is 0.650. The monoisotopic (exact) mass is 349 g/mol. The Balaban J connectivity index is 2.20. The normalized spacial score (nSPS) is 17.4. The van der Waals surface area contributed by atoms with Gasteiger partial charge >= 0.3 is 0 Å². The van der Waals surface area contributed by atoms with Crippen molar-refractivity contribution in [2.45, 2.75) is 44.9 Å². The second kappa shape index (κ2) is 9.76. The minimum absolute atomic E-state index is 0.0712. The number of aliphatic imine (C=N–C) groups is 1. The number of guanidine groups is 1. The van der Waals surface area contributed by atoms with Gasteiger partial charge in [0.05, 0.1) is 6.54 Å². The average Bonchev–Trinajstić information content (AvgIpc) is 2.64. The van der Waals surface area contributed by atoms with Crippen LogP contribution in [0.25, 0.3) is 0 Å².